The number of hydrogen-bond donors (Lipinski definition) is 1. The average Bonchev–Trinajstić information content (AvgIpc) is 2.62. The molecule has 1 saturated heterocycles. The Morgan fingerprint density at radius 2 is 2.29 bits per heavy atom. The monoisotopic (exact) mass is 263 g/mol. The Labute approximate surface area is 93.6 Å². The lowest BCUT2D eigenvalue weighted by molar-refractivity contribution is -0.132. The van der Waals surface area contributed by atoms with E-state index in [0.717, 1.165) is 19.4 Å². The lowest BCUT2D eigenvalue weighted by Crippen LogP contribution is -2.43. The van der Waals surface area contributed by atoms with Crippen LogP contribution in [0.15, 0.2) is 0 Å². The molecule has 14 heavy (non-hydrogen) atoms. The highest BCUT2D eigenvalue weighted by Gasteiger charge is 2.32. The number of nitrogens with zero attached hydrogens (tertiary/aromatic N) is 1. The molecule has 0 aromatic carbocycles. The summed E-state index contributed by atoms with van der Waals surface area (Å²) in [6.45, 7) is 4.91. The number of halogens is 1. The molecule has 1 aliphatic heterocycles. The quantitative estimate of drug-likeness (QED) is 0.782. The zero-order valence-corrected chi connectivity index (χ0v) is 10.3. The lowest BCUT2D eigenvalue weighted by atomic mass is 10.1. The molecule has 0 saturated carbocycles. The van der Waals surface area contributed by atoms with Crippen molar-refractivity contribution in [2.45, 2.75) is 37.6 Å². The smallest absolute Gasteiger partial charge is 0.236 e. The normalized spacial score (nSPS) is 24.4. The van der Waals surface area contributed by atoms with Crippen LogP contribution >= 0.6 is 15.9 Å². The molecule has 0 aromatic rings. The van der Waals surface area contributed by atoms with Crippen molar-refractivity contribution in [1.82, 2.24) is 4.90 Å². The molecule has 1 unspecified atom stereocenters. The van der Waals surface area contributed by atoms with E-state index in [1.807, 2.05) is 13.8 Å². The van der Waals surface area contributed by atoms with Gasteiger partial charge in [0.2, 0.25) is 5.91 Å². The van der Waals surface area contributed by atoms with Crippen LogP contribution in [0.5, 0.6) is 0 Å². The van der Waals surface area contributed by atoms with Gasteiger partial charge in [-0.2, -0.15) is 0 Å². The van der Waals surface area contributed by atoms with Crippen molar-refractivity contribution >= 4 is 21.8 Å². The number of amides is 1. The first-order valence-electron chi connectivity index (χ1n) is 5.13. The number of aliphatic hydroxyl groups is 1. The Balaban J connectivity index is 2.59. The topological polar surface area (TPSA) is 40.5 Å². The van der Waals surface area contributed by atoms with Crippen molar-refractivity contribution < 1.29 is 9.90 Å². The number of hydrogen-bond acceptors (Lipinski definition) is 2. The summed E-state index contributed by atoms with van der Waals surface area (Å²) in [6, 6.07) is 0.0429. The van der Waals surface area contributed by atoms with Crippen LogP contribution in [0, 0.1) is 5.92 Å². The second-order valence-electron chi connectivity index (χ2n) is 4.16. The number of aliphatic hydroxyl groups excluding tert-OH is 1. The maximum absolute atomic E-state index is 11.9. The molecular formula is C10H18BrNO2. The minimum Gasteiger partial charge on any atom is -0.394 e. The number of likely N-dealkylation sites (tertiary alicyclic amines) is 1. The Morgan fingerprint density at radius 3 is 2.79 bits per heavy atom. The summed E-state index contributed by atoms with van der Waals surface area (Å²) in [6.07, 6.45) is 1.94. The number of carbonyl (C=O) groups is 1. The standard InChI is InChI=1S/C10H18BrNO2/c1-7(2)9(11)10(14)12-5-3-4-8(12)6-13/h7-9,13H,3-6H2,1-2H3/t8-,9?/m0/s1. The molecule has 3 nitrogen and oxygen atoms in total. The van der Waals surface area contributed by atoms with Gasteiger partial charge in [0, 0.05) is 6.54 Å². The lowest BCUT2D eigenvalue weighted by Gasteiger charge is -2.26. The molecule has 82 valence electrons. The van der Waals surface area contributed by atoms with Crippen LogP contribution in [0.2, 0.25) is 0 Å². The van der Waals surface area contributed by atoms with Gasteiger partial charge in [0.15, 0.2) is 0 Å². The summed E-state index contributed by atoms with van der Waals surface area (Å²) >= 11 is 3.40. The second-order valence-corrected chi connectivity index (χ2v) is 5.14. The predicted octanol–water partition coefficient (Wildman–Crippen LogP) is 1.39. The highest BCUT2D eigenvalue weighted by atomic mass is 79.9. The van der Waals surface area contributed by atoms with Gasteiger partial charge in [-0.05, 0) is 18.8 Å². The molecule has 1 N–H and O–H groups in total. The van der Waals surface area contributed by atoms with E-state index in [4.69, 9.17) is 5.11 Å². The van der Waals surface area contributed by atoms with Crippen molar-refractivity contribution in [2.24, 2.45) is 5.92 Å². The average molecular weight is 264 g/mol. The van der Waals surface area contributed by atoms with E-state index >= 15 is 0 Å². The van der Waals surface area contributed by atoms with Gasteiger partial charge in [-0.1, -0.05) is 29.8 Å². The summed E-state index contributed by atoms with van der Waals surface area (Å²) in [7, 11) is 0. The zero-order valence-electron chi connectivity index (χ0n) is 8.74. The predicted molar refractivity (Wildman–Crippen MR) is 59.4 cm³/mol. The highest BCUT2D eigenvalue weighted by Crippen LogP contribution is 2.22. The summed E-state index contributed by atoms with van der Waals surface area (Å²) in [5, 5.41) is 9.10. The SMILES string of the molecule is CC(C)C(Br)C(=O)N1CCC[C@H]1CO. The summed E-state index contributed by atoms with van der Waals surface area (Å²) in [5.41, 5.74) is 0. The molecule has 0 bridgehead atoms. The van der Waals surface area contributed by atoms with Crippen molar-refractivity contribution in [3.8, 4) is 0 Å². The van der Waals surface area contributed by atoms with E-state index < -0.39 is 0 Å². The van der Waals surface area contributed by atoms with Crippen molar-refractivity contribution in [3.05, 3.63) is 0 Å². The maximum atomic E-state index is 11.9. The Bertz CT molecular complexity index is 208. The van der Waals surface area contributed by atoms with E-state index in [1.54, 1.807) is 4.90 Å². The van der Waals surface area contributed by atoms with Crippen LogP contribution in [0.3, 0.4) is 0 Å². The van der Waals surface area contributed by atoms with Crippen molar-refractivity contribution in [1.29, 1.82) is 0 Å². The van der Waals surface area contributed by atoms with Crippen LogP contribution < -0.4 is 0 Å². The van der Waals surface area contributed by atoms with Crippen LogP contribution in [-0.4, -0.2) is 39.9 Å². The summed E-state index contributed by atoms with van der Waals surface area (Å²) in [4.78, 5) is 13.6. The molecule has 0 aromatic heterocycles. The van der Waals surface area contributed by atoms with Gasteiger partial charge < -0.3 is 10.0 Å². The minimum atomic E-state index is -0.116. The van der Waals surface area contributed by atoms with Gasteiger partial charge in [0.05, 0.1) is 17.5 Å². The van der Waals surface area contributed by atoms with Gasteiger partial charge in [-0.3, -0.25) is 4.79 Å². The molecule has 1 heterocycles. The molecule has 0 spiro atoms. The Morgan fingerprint density at radius 1 is 1.64 bits per heavy atom. The molecule has 1 rings (SSSR count). The van der Waals surface area contributed by atoms with E-state index in [-0.39, 0.29) is 23.4 Å². The van der Waals surface area contributed by atoms with Crippen molar-refractivity contribution in [2.75, 3.05) is 13.2 Å². The molecular weight excluding hydrogens is 246 g/mol. The molecule has 2 atom stereocenters. The Hall–Kier alpha value is -0.0900. The molecule has 0 radical (unpaired) electrons. The zero-order chi connectivity index (χ0) is 10.7. The third-order valence-corrected chi connectivity index (χ3v) is 4.14. The molecule has 1 aliphatic rings. The fourth-order valence-corrected chi connectivity index (χ4v) is 2.02. The summed E-state index contributed by atoms with van der Waals surface area (Å²) in [5.74, 6) is 0.416. The van der Waals surface area contributed by atoms with E-state index in [1.165, 1.54) is 0 Å². The van der Waals surface area contributed by atoms with Crippen molar-refractivity contribution in [3.63, 3.8) is 0 Å². The first-order chi connectivity index (χ1) is 6.57. The van der Waals surface area contributed by atoms with Crippen LogP contribution in [-0.2, 0) is 4.79 Å². The van der Waals surface area contributed by atoms with Crippen LogP contribution in [0.25, 0.3) is 0 Å². The third-order valence-electron chi connectivity index (χ3n) is 2.69. The Kier molecular flexibility index (Phi) is 4.38. The van der Waals surface area contributed by atoms with Crippen LogP contribution in [0.1, 0.15) is 26.7 Å². The van der Waals surface area contributed by atoms with Gasteiger partial charge >= 0.3 is 0 Å². The van der Waals surface area contributed by atoms with Crippen LogP contribution in [0.4, 0.5) is 0 Å². The summed E-state index contributed by atoms with van der Waals surface area (Å²) < 4.78 is 0. The number of rotatable bonds is 3. The van der Waals surface area contributed by atoms with Gasteiger partial charge in [-0.15, -0.1) is 0 Å². The maximum Gasteiger partial charge on any atom is 0.236 e. The fraction of sp³-hybridized carbons (Fsp3) is 0.900. The molecule has 1 fully saturated rings. The number of alkyl halides is 1. The van der Waals surface area contributed by atoms with E-state index in [0.29, 0.717) is 5.92 Å². The third kappa shape index (κ3) is 2.48. The molecule has 1 amide bonds. The largest absolute Gasteiger partial charge is 0.394 e. The highest BCUT2D eigenvalue weighted by molar-refractivity contribution is 9.10. The first-order valence-corrected chi connectivity index (χ1v) is 6.05. The number of carbonyl (C=O) groups excluding carboxylic acids is 1. The van der Waals surface area contributed by atoms with Gasteiger partial charge in [-0.25, -0.2) is 0 Å². The van der Waals surface area contributed by atoms with Gasteiger partial charge in [0.1, 0.15) is 0 Å². The van der Waals surface area contributed by atoms with Gasteiger partial charge in [0.25, 0.3) is 0 Å². The molecule has 0 aliphatic carbocycles. The fourth-order valence-electron chi connectivity index (χ4n) is 1.76. The minimum absolute atomic E-state index is 0.0429. The first kappa shape index (κ1) is 12.0. The van der Waals surface area contributed by atoms with E-state index in [9.17, 15) is 4.79 Å². The molecule has 4 heteroatoms. The second kappa shape index (κ2) is 5.12. The van der Waals surface area contributed by atoms with E-state index in [2.05, 4.69) is 15.9 Å².